The summed E-state index contributed by atoms with van der Waals surface area (Å²) < 4.78 is 2.64. The average Bonchev–Trinajstić information content (AvgIpc) is 3.11. The van der Waals surface area contributed by atoms with E-state index in [0.29, 0.717) is 16.5 Å². The average molecular weight is 502 g/mol. The van der Waals surface area contributed by atoms with Crippen molar-refractivity contribution in [1.82, 2.24) is 20.1 Å². The monoisotopic (exact) mass is 501 g/mol. The minimum absolute atomic E-state index is 0.135. The van der Waals surface area contributed by atoms with Gasteiger partial charge in [0.1, 0.15) is 0 Å². The molecule has 0 radical (unpaired) electrons. The summed E-state index contributed by atoms with van der Waals surface area (Å²) in [7, 11) is 1.82. The lowest BCUT2D eigenvalue weighted by molar-refractivity contribution is -0.113. The number of aromatic nitrogens is 3. The van der Waals surface area contributed by atoms with Crippen LogP contribution < -0.4 is 10.6 Å². The number of carbonyl (C=O) groups is 2. The molecule has 0 aliphatic carbocycles. The topological polar surface area (TPSA) is 88.9 Å². The molecule has 0 saturated carbocycles. The van der Waals surface area contributed by atoms with Gasteiger partial charge >= 0.3 is 0 Å². The van der Waals surface area contributed by atoms with Gasteiger partial charge in [-0.3, -0.25) is 9.59 Å². The van der Waals surface area contributed by atoms with Crippen LogP contribution in [0.25, 0.3) is 0 Å². The van der Waals surface area contributed by atoms with E-state index in [0.717, 1.165) is 21.3 Å². The number of carbonyl (C=O) groups excluding carboxylic acids is 2. The van der Waals surface area contributed by atoms with E-state index < -0.39 is 0 Å². The van der Waals surface area contributed by atoms with Crippen LogP contribution >= 0.6 is 27.7 Å². The minimum atomic E-state index is -0.333. The largest absolute Gasteiger partial charge is 0.342 e. The summed E-state index contributed by atoms with van der Waals surface area (Å²) in [5.41, 5.74) is 3.58. The van der Waals surface area contributed by atoms with Crippen molar-refractivity contribution in [2.45, 2.75) is 32.0 Å². The molecule has 1 atom stereocenters. The molecular weight excluding hydrogens is 478 g/mol. The van der Waals surface area contributed by atoms with E-state index in [1.54, 1.807) is 16.7 Å². The molecule has 0 spiro atoms. The molecular formula is C22H24BrN5O2S. The van der Waals surface area contributed by atoms with E-state index in [9.17, 15) is 9.59 Å². The van der Waals surface area contributed by atoms with Crippen LogP contribution in [0.5, 0.6) is 0 Å². The molecule has 2 N–H and O–H groups in total. The Labute approximate surface area is 194 Å². The lowest BCUT2D eigenvalue weighted by Gasteiger charge is -2.13. The van der Waals surface area contributed by atoms with Crippen molar-refractivity contribution < 1.29 is 9.59 Å². The first kappa shape index (κ1) is 23.0. The Balaban J connectivity index is 1.59. The van der Waals surface area contributed by atoms with Gasteiger partial charge < -0.3 is 15.2 Å². The zero-order valence-electron chi connectivity index (χ0n) is 17.8. The molecule has 0 unspecified atom stereocenters. The first-order valence-corrected chi connectivity index (χ1v) is 11.5. The molecule has 1 aromatic heterocycles. The molecule has 31 heavy (non-hydrogen) atoms. The van der Waals surface area contributed by atoms with Gasteiger partial charge in [-0.2, -0.15) is 0 Å². The van der Waals surface area contributed by atoms with Gasteiger partial charge in [-0.25, -0.2) is 0 Å². The van der Waals surface area contributed by atoms with Gasteiger partial charge in [-0.05, 0) is 72.1 Å². The highest BCUT2D eigenvalue weighted by Gasteiger charge is 2.19. The van der Waals surface area contributed by atoms with Crippen molar-refractivity contribution in [2.75, 3.05) is 11.1 Å². The summed E-state index contributed by atoms with van der Waals surface area (Å²) in [6.45, 7) is 5.88. The van der Waals surface area contributed by atoms with Gasteiger partial charge in [0.25, 0.3) is 5.91 Å². The summed E-state index contributed by atoms with van der Waals surface area (Å²) in [5.74, 6) is 0.493. The molecule has 3 rings (SSSR count). The Hall–Kier alpha value is -2.65. The Morgan fingerprint density at radius 1 is 1.13 bits per heavy atom. The standard InChI is InChI=1S/C22H24BrN5O2S/c1-13-10-17(23)18(11-14(13)2)25-19(29)12-31-22-27-26-20(28(22)4)15(3)24-21(30)16-8-6-5-7-9-16/h5-11,15H,12H2,1-4H3,(H,24,30)(H,25,29)/t15-/m1/s1. The number of nitrogens with one attached hydrogen (secondary N) is 2. The Bertz CT molecular complexity index is 1100. The van der Waals surface area contributed by atoms with Gasteiger partial charge in [0.2, 0.25) is 5.91 Å². The van der Waals surface area contributed by atoms with Crippen molar-refractivity contribution in [2.24, 2.45) is 7.05 Å². The van der Waals surface area contributed by atoms with Crippen molar-refractivity contribution in [3.05, 3.63) is 69.5 Å². The van der Waals surface area contributed by atoms with Crippen molar-refractivity contribution in [3.63, 3.8) is 0 Å². The fourth-order valence-corrected chi connectivity index (χ4v) is 4.23. The molecule has 2 amide bonds. The van der Waals surface area contributed by atoms with Gasteiger partial charge in [0.15, 0.2) is 11.0 Å². The number of rotatable bonds is 7. The molecule has 2 aromatic carbocycles. The normalized spacial score (nSPS) is 11.8. The second kappa shape index (κ2) is 10.1. The van der Waals surface area contributed by atoms with Crippen molar-refractivity contribution >= 4 is 45.2 Å². The van der Waals surface area contributed by atoms with Gasteiger partial charge in [0, 0.05) is 17.1 Å². The number of halogens is 1. The van der Waals surface area contributed by atoms with Gasteiger partial charge in [0.05, 0.1) is 17.5 Å². The summed E-state index contributed by atoms with van der Waals surface area (Å²) in [4.78, 5) is 24.8. The molecule has 0 saturated heterocycles. The Kier molecular flexibility index (Phi) is 7.50. The summed E-state index contributed by atoms with van der Waals surface area (Å²) in [6, 6.07) is 12.6. The zero-order chi connectivity index (χ0) is 22.5. The van der Waals surface area contributed by atoms with E-state index in [1.807, 2.05) is 58.2 Å². The van der Waals surface area contributed by atoms with E-state index in [2.05, 4.69) is 36.8 Å². The van der Waals surface area contributed by atoms with E-state index in [1.165, 1.54) is 11.8 Å². The maximum Gasteiger partial charge on any atom is 0.251 e. The number of amides is 2. The number of anilines is 1. The quantitative estimate of drug-likeness (QED) is 0.467. The van der Waals surface area contributed by atoms with Crippen molar-refractivity contribution in [1.29, 1.82) is 0 Å². The first-order chi connectivity index (χ1) is 14.8. The van der Waals surface area contributed by atoms with Crippen LogP contribution in [-0.4, -0.2) is 32.3 Å². The summed E-state index contributed by atoms with van der Waals surface area (Å²) >= 11 is 4.78. The zero-order valence-corrected chi connectivity index (χ0v) is 20.2. The second-order valence-corrected chi connectivity index (χ2v) is 9.01. The molecule has 0 aliphatic rings. The maximum atomic E-state index is 12.4. The lowest BCUT2D eigenvalue weighted by Crippen LogP contribution is -2.28. The second-order valence-electron chi connectivity index (χ2n) is 7.21. The predicted molar refractivity (Wildman–Crippen MR) is 126 cm³/mol. The van der Waals surface area contributed by atoms with Gasteiger partial charge in [-0.1, -0.05) is 30.0 Å². The van der Waals surface area contributed by atoms with E-state index in [-0.39, 0.29) is 23.6 Å². The summed E-state index contributed by atoms with van der Waals surface area (Å²) in [6.07, 6.45) is 0. The molecule has 0 fully saturated rings. The van der Waals surface area contributed by atoms with Crippen LogP contribution in [0.2, 0.25) is 0 Å². The molecule has 3 aromatic rings. The van der Waals surface area contributed by atoms with Crippen LogP contribution in [0.4, 0.5) is 5.69 Å². The first-order valence-electron chi connectivity index (χ1n) is 9.71. The maximum absolute atomic E-state index is 12.4. The number of hydrogen-bond acceptors (Lipinski definition) is 5. The highest BCUT2D eigenvalue weighted by Crippen LogP contribution is 2.27. The lowest BCUT2D eigenvalue weighted by atomic mass is 10.1. The minimum Gasteiger partial charge on any atom is -0.342 e. The number of aryl methyl sites for hydroxylation is 2. The van der Waals surface area contributed by atoms with E-state index in [4.69, 9.17) is 0 Å². The molecule has 7 nitrogen and oxygen atoms in total. The van der Waals surface area contributed by atoms with E-state index >= 15 is 0 Å². The molecule has 0 aliphatic heterocycles. The van der Waals surface area contributed by atoms with Crippen LogP contribution in [-0.2, 0) is 11.8 Å². The molecule has 162 valence electrons. The fraction of sp³-hybridized carbons (Fsp3) is 0.273. The predicted octanol–water partition coefficient (Wildman–Crippen LogP) is 4.42. The van der Waals surface area contributed by atoms with Crippen molar-refractivity contribution in [3.8, 4) is 0 Å². The number of hydrogen-bond donors (Lipinski definition) is 2. The number of thioether (sulfide) groups is 1. The highest BCUT2D eigenvalue weighted by atomic mass is 79.9. The van der Waals surface area contributed by atoms with Crippen LogP contribution in [0.1, 0.15) is 40.3 Å². The number of nitrogens with zero attached hydrogens (tertiary/aromatic N) is 3. The third-order valence-electron chi connectivity index (χ3n) is 4.83. The third kappa shape index (κ3) is 5.74. The Morgan fingerprint density at radius 3 is 2.52 bits per heavy atom. The Morgan fingerprint density at radius 2 is 1.81 bits per heavy atom. The number of benzene rings is 2. The summed E-state index contributed by atoms with van der Waals surface area (Å²) in [5, 5.41) is 14.8. The van der Waals surface area contributed by atoms with Crippen LogP contribution in [0.3, 0.4) is 0 Å². The van der Waals surface area contributed by atoms with Gasteiger partial charge in [-0.15, -0.1) is 10.2 Å². The smallest absolute Gasteiger partial charge is 0.251 e. The fourth-order valence-electron chi connectivity index (χ4n) is 2.96. The third-order valence-corrected chi connectivity index (χ3v) is 6.51. The molecule has 9 heteroatoms. The molecule has 0 bridgehead atoms. The van der Waals surface area contributed by atoms with Crippen LogP contribution in [0, 0.1) is 13.8 Å². The highest BCUT2D eigenvalue weighted by molar-refractivity contribution is 9.10. The SMILES string of the molecule is Cc1cc(Br)c(NC(=O)CSc2nnc([C@@H](C)NC(=O)c3ccccc3)n2C)cc1C. The molecule has 1 heterocycles. The van der Waals surface area contributed by atoms with Crippen LogP contribution in [0.15, 0.2) is 52.1 Å².